The summed E-state index contributed by atoms with van der Waals surface area (Å²) in [5.41, 5.74) is 6.43. The number of likely N-dealkylation sites (tertiary alicyclic amines) is 1. The van der Waals surface area contributed by atoms with Gasteiger partial charge in [-0.25, -0.2) is 13.2 Å². The molecule has 0 aromatic heterocycles. The summed E-state index contributed by atoms with van der Waals surface area (Å²) in [7, 11) is -4.15. The zero-order valence-electron chi connectivity index (χ0n) is 16.1. The van der Waals surface area contributed by atoms with Crippen molar-refractivity contribution in [1.82, 2.24) is 9.62 Å². The quantitative estimate of drug-likeness (QED) is 0.533. The Morgan fingerprint density at radius 2 is 2.03 bits per heavy atom. The molecule has 1 aromatic rings. The highest BCUT2D eigenvalue weighted by atomic mass is 32.2. The number of nitrogens with zero attached hydrogens (tertiary/aromatic N) is 2. The first-order chi connectivity index (χ1) is 13.9. The number of nitrogens with two attached hydrogens (primary N) is 1. The fraction of sp³-hybridized carbons (Fsp3) is 0.474. The van der Waals surface area contributed by atoms with E-state index in [0.29, 0.717) is 13.0 Å². The molecule has 2 heterocycles. The molecular formula is C19H26N4O5S. The number of rotatable bonds is 8. The summed E-state index contributed by atoms with van der Waals surface area (Å²) in [6, 6.07) is 8.00. The van der Waals surface area contributed by atoms with Gasteiger partial charge < -0.3 is 15.6 Å². The standard InChI is InChI=1S/C19H26N4O5S/c20-16-17(19(24)25)29(26,27)22-18(16)21-8-5-11-28-15-7-4-6-14(12-15)13-23-9-2-1-3-10-23/h4,6-7,12H,1-3,5,8-11,13,20H2,(H,21,22)(H,24,25). The van der Waals surface area contributed by atoms with Crippen LogP contribution >= 0.6 is 0 Å². The van der Waals surface area contributed by atoms with E-state index in [1.165, 1.54) is 24.8 Å². The molecule has 3 rings (SSSR count). The molecule has 0 saturated carbocycles. The summed E-state index contributed by atoms with van der Waals surface area (Å²) >= 11 is 0. The average Bonchev–Trinajstić information content (AvgIpc) is 2.91. The molecule has 0 amide bonds. The largest absolute Gasteiger partial charge is 0.494 e. The van der Waals surface area contributed by atoms with Crippen molar-refractivity contribution in [2.45, 2.75) is 32.2 Å². The minimum atomic E-state index is -4.15. The molecule has 0 bridgehead atoms. The number of aliphatic imine (C=N–C) groups is 1. The van der Waals surface area contributed by atoms with E-state index in [1.54, 1.807) is 0 Å². The lowest BCUT2D eigenvalue weighted by molar-refractivity contribution is -0.131. The summed E-state index contributed by atoms with van der Waals surface area (Å²) in [6.45, 7) is 3.83. The van der Waals surface area contributed by atoms with Gasteiger partial charge >= 0.3 is 5.97 Å². The van der Waals surface area contributed by atoms with Gasteiger partial charge in [-0.1, -0.05) is 18.6 Å². The van der Waals surface area contributed by atoms with Crippen LogP contribution in [0.25, 0.3) is 0 Å². The molecule has 10 heteroatoms. The number of carbonyl (C=O) groups is 1. The lowest BCUT2D eigenvalue weighted by atomic mass is 10.1. The van der Waals surface area contributed by atoms with Crippen LogP contribution in [0, 0.1) is 0 Å². The number of amidine groups is 1. The Bertz CT molecular complexity index is 920. The molecule has 4 N–H and O–H groups in total. The minimum Gasteiger partial charge on any atom is -0.494 e. The summed E-state index contributed by atoms with van der Waals surface area (Å²) in [6.07, 6.45) is 4.34. The van der Waals surface area contributed by atoms with Gasteiger partial charge in [-0.2, -0.15) is 0 Å². The van der Waals surface area contributed by atoms with Crippen LogP contribution in [0.5, 0.6) is 5.75 Å². The highest BCUT2D eigenvalue weighted by Gasteiger charge is 2.37. The Kier molecular flexibility index (Phi) is 6.75. The Morgan fingerprint density at radius 1 is 1.28 bits per heavy atom. The second kappa shape index (κ2) is 9.27. The van der Waals surface area contributed by atoms with Gasteiger partial charge in [0, 0.05) is 19.5 Å². The van der Waals surface area contributed by atoms with Crippen molar-refractivity contribution in [3.8, 4) is 5.75 Å². The smallest absolute Gasteiger partial charge is 0.351 e. The molecule has 1 saturated heterocycles. The molecule has 9 nitrogen and oxygen atoms in total. The fourth-order valence-corrected chi connectivity index (χ4v) is 4.54. The normalized spacial score (nSPS) is 20.6. The van der Waals surface area contributed by atoms with Crippen molar-refractivity contribution in [3.05, 3.63) is 40.4 Å². The van der Waals surface area contributed by atoms with Crippen molar-refractivity contribution >= 4 is 21.8 Å². The van der Waals surface area contributed by atoms with Crippen LogP contribution in [-0.2, 0) is 21.4 Å². The molecular weight excluding hydrogens is 396 g/mol. The van der Waals surface area contributed by atoms with E-state index in [2.05, 4.69) is 20.7 Å². The SMILES string of the molecule is NC1=C(C(=O)O)S(=O)(=O)NC1=NCCCOc1cccc(CN2CCCCC2)c1. The first kappa shape index (κ1) is 21.1. The van der Waals surface area contributed by atoms with Crippen LogP contribution in [0.2, 0.25) is 0 Å². The maximum atomic E-state index is 11.7. The third kappa shape index (κ3) is 5.48. The van der Waals surface area contributed by atoms with Crippen LogP contribution in [-0.4, -0.2) is 56.5 Å². The van der Waals surface area contributed by atoms with Crippen molar-refractivity contribution in [1.29, 1.82) is 0 Å². The van der Waals surface area contributed by atoms with Gasteiger partial charge in [-0.3, -0.25) is 14.6 Å². The molecule has 2 aliphatic heterocycles. The maximum absolute atomic E-state index is 11.7. The highest BCUT2D eigenvalue weighted by molar-refractivity contribution is 7.95. The fourth-order valence-electron chi connectivity index (χ4n) is 3.39. The number of benzene rings is 1. The third-order valence-corrected chi connectivity index (χ3v) is 6.18. The molecule has 1 fully saturated rings. The lowest BCUT2D eigenvalue weighted by Crippen LogP contribution is -2.29. The van der Waals surface area contributed by atoms with Crippen molar-refractivity contribution in [2.75, 3.05) is 26.2 Å². The van der Waals surface area contributed by atoms with Gasteiger partial charge in [0.1, 0.15) is 11.4 Å². The molecule has 0 unspecified atom stereocenters. The monoisotopic (exact) mass is 422 g/mol. The van der Waals surface area contributed by atoms with Gasteiger partial charge in [0.15, 0.2) is 10.7 Å². The van der Waals surface area contributed by atoms with E-state index in [9.17, 15) is 13.2 Å². The first-order valence-electron chi connectivity index (χ1n) is 9.61. The topological polar surface area (TPSA) is 134 Å². The van der Waals surface area contributed by atoms with Crippen LogP contribution in [0.15, 0.2) is 39.9 Å². The van der Waals surface area contributed by atoms with Gasteiger partial charge in [0.2, 0.25) is 0 Å². The second-order valence-corrected chi connectivity index (χ2v) is 8.69. The number of sulfonamides is 1. The summed E-state index contributed by atoms with van der Waals surface area (Å²) < 4.78 is 31.3. The van der Waals surface area contributed by atoms with Crippen LogP contribution in [0.4, 0.5) is 0 Å². The van der Waals surface area contributed by atoms with E-state index < -0.39 is 20.9 Å². The molecule has 29 heavy (non-hydrogen) atoms. The number of carboxylic acids is 1. The molecule has 1 aromatic carbocycles. The van der Waals surface area contributed by atoms with Crippen LogP contribution in [0.3, 0.4) is 0 Å². The second-order valence-electron chi connectivity index (χ2n) is 7.07. The number of piperidine rings is 1. The van der Waals surface area contributed by atoms with E-state index in [0.717, 1.165) is 25.4 Å². The van der Waals surface area contributed by atoms with Gasteiger partial charge in [-0.15, -0.1) is 0 Å². The number of hydrogen-bond donors (Lipinski definition) is 3. The third-order valence-electron chi connectivity index (χ3n) is 4.79. The Balaban J connectivity index is 1.48. The zero-order chi connectivity index (χ0) is 20.9. The van der Waals surface area contributed by atoms with Crippen LogP contribution < -0.4 is 15.2 Å². The molecule has 0 atom stereocenters. The van der Waals surface area contributed by atoms with Crippen LogP contribution in [0.1, 0.15) is 31.2 Å². The van der Waals surface area contributed by atoms with Gasteiger partial charge in [-0.05, 0) is 43.6 Å². The first-order valence-corrected chi connectivity index (χ1v) is 11.1. The zero-order valence-corrected chi connectivity index (χ0v) is 17.0. The summed E-state index contributed by atoms with van der Waals surface area (Å²) in [5.74, 6) is -0.958. The predicted molar refractivity (Wildman–Crippen MR) is 109 cm³/mol. The molecule has 0 spiro atoms. The molecule has 0 radical (unpaired) electrons. The summed E-state index contributed by atoms with van der Waals surface area (Å²) in [5, 5.41) is 8.96. The molecule has 158 valence electrons. The van der Waals surface area contributed by atoms with Crippen molar-refractivity contribution in [3.63, 3.8) is 0 Å². The van der Waals surface area contributed by atoms with Gasteiger partial charge in [0.05, 0.1) is 6.61 Å². The van der Waals surface area contributed by atoms with Crippen molar-refractivity contribution < 1.29 is 23.1 Å². The highest BCUT2D eigenvalue weighted by Crippen LogP contribution is 2.18. The minimum absolute atomic E-state index is 0.133. The Labute approximate surface area is 170 Å². The number of aliphatic carboxylic acids is 1. The van der Waals surface area contributed by atoms with E-state index in [1.807, 2.05) is 18.2 Å². The van der Waals surface area contributed by atoms with E-state index in [-0.39, 0.29) is 18.1 Å². The lowest BCUT2D eigenvalue weighted by Gasteiger charge is -2.26. The average molecular weight is 423 g/mol. The maximum Gasteiger partial charge on any atom is 0.351 e. The van der Waals surface area contributed by atoms with Crippen molar-refractivity contribution in [2.24, 2.45) is 10.7 Å². The van der Waals surface area contributed by atoms with E-state index >= 15 is 0 Å². The molecule has 0 aliphatic carbocycles. The Morgan fingerprint density at radius 3 is 2.72 bits per heavy atom. The van der Waals surface area contributed by atoms with E-state index in [4.69, 9.17) is 15.6 Å². The molecule has 2 aliphatic rings. The number of hydrogen-bond acceptors (Lipinski definition) is 7. The Hall–Kier alpha value is -2.59. The number of carboxylic acid groups (broad SMARTS) is 1. The number of ether oxygens (including phenoxy) is 1. The van der Waals surface area contributed by atoms with Gasteiger partial charge in [0.25, 0.3) is 10.0 Å². The number of nitrogens with one attached hydrogen (secondary N) is 1. The summed E-state index contributed by atoms with van der Waals surface area (Å²) in [4.78, 5) is 16.7. The predicted octanol–water partition coefficient (Wildman–Crippen LogP) is 1.03.